The van der Waals surface area contributed by atoms with Crippen LogP contribution in [0.1, 0.15) is 42.2 Å². The average Bonchev–Trinajstić information content (AvgIpc) is 3.31. The van der Waals surface area contributed by atoms with E-state index in [0.29, 0.717) is 29.8 Å². The highest BCUT2D eigenvalue weighted by Gasteiger charge is 2.28. The van der Waals surface area contributed by atoms with E-state index >= 15 is 0 Å². The molecule has 1 aromatic heterocycles. The van der Waals surface area contributed by atoms with Crippen LogP contribution in [-0.4, -0.2) is 60.2 Å². The van der Waals surface area contributed by atoms with Gasteiger partial charge in [0.05, 0.1) is 33.1 Å². The van der Waals surface area contributed by atoms with Crippen molar-refractivity contribution in [3.8, 4) is 5.75 Å². The Kier molecular flexibility index (Phi) is 9.60. The number of hydrogen-bond acceptors (Lipinski definition) is 5. The summed E-state index contributed by atoms with van der Waals surface area (Å²) in [5.74, 6) is 1.55. The number of aromatic nitrogens is 2. The number of hydrogen-bond donors (Lipinski definition) is 1. The number of imidazole rings is 1. The van der Waals surface area contributed by atoms with Gasteiger partial charge in [0.2, 0.25) is 0 Å². The van der Waals surface area contributed by atoms with Crippen molar-refractivity contribution >= 4 is 35.9 Å². The van der Waals surface area contributed by atoms with Crippen LogP contribution in [0.3, 0.4) is 0 Å². The topological polar surface area (TPSA) is 81.0 Å². The van der Waals surface area contributed by atoms with Crippen LogP contribution in [0.25, 0.3) is 0 Å². The van der Waals surface area contributed by atoms with Gasteiger partial charge < -0.3 is 24.3 Å². The van der Waals surface area contributed by atoms with Crippen LogP contribution in [0.4, 0.5) is 0 Å². The number of methoxy groups -OCH3 is 2. The molecule has 3 rings (SSSR count). The molecular weight excluding hydrogens is 509 g/mol. The number of piperidine rings is 1. The van der Waals surface area contributed by atoms with Crippen LogP contribution in [0, 0.1) is 5.92 Å². The van der Waals surface area contributed by atoms with E-state index in [-0.39, 0.29) is 24.0 Å². The molecule has 9 heteroatoms. The largest absolute Gasteiger partial charge is 0.496 e. The van der Waals surface area contributed by atoms with Crippen molar-refractivity contribution in [1.82, 2.24) is 19.8 Å². The summed E-state index contributed by atoms with van der Waals surface area (Å²) in [5.41, 5.74) is 1.37. The Morgan fingerprint density at radius 2 is 2.16 bits per heavy atom. The number of rotatable bonds is 6. The molecule has 0 aliphatic carbocycles. The Labute approximate surface area is 201 Å². The lowest BCUT2D eigenvalue weighted by Crippen LogP contribution is -2.49. The zero-order valence-corrected chi connectivity index (χ0v) is 20.9. The lowest BCUT2D eigenvalue weighted by atomic mass is 9.93. The van der Waals surface area contributed by atoms with Gasteiger partial charge in [-0.2, -0.15) is 0 Å². The van der Waals surface area contributed by atoms with Crippen LogP contribution in [0.5, 0.6) is 5.75 Å². The van der Waals surface area contributed by atoms with Gasteiger partial charge in [-0.05, 0) is 37.0 Å². The third kappa shape index (κ3) is 6.11. The van der Waals surface area contributed by atoms with E-state index in [1.807, 2.05) is 30.9 Å². The second-order valence-corrected chi connectivity index (χ2v) is 7.49. The number of esters is 1. The second-order valence-electron chi connectivity index (χ2n) is 7.49. The Hall–Kier alpha value is -2.30. The van der Waals surface area contributed by atoms with Crippen molar-refractivity contribution in [3.05, 3.63) is 48.0 Å². The number of likely N-dealkylation sites (tertiary alicyclic amines) is 1. The lowest BCUT2D eigenvalue weighted by Gasteiger charge is -2.39. The van der Waals surface area contributed by atoms with Crippen LogP contribution in [0.15, 0.2) is 41.9 Å². The molecule has 1 aliphatic heterocycles. The molecule has 1 saturated heterocycles. The smallest absolute Gasteiger partial charge is 0.341 e. The number of carbonyl (C=O) groups excluding carboxylic acids is 1. The van der Waals surface area contributed by atoms with Gasteiger partial charge in [0.15, 0.2) is 5.96 Å². The monoisotopic (exact) mass is 541 g/mol. The summed E-state index contributed by atoms with van der Waals surface area (Å²) < 4.78 is 12.4. The van der Waals surface area contributed by atoms with Crippen molar-refractivity contribution in [2.75, 3.05) is 33.9 Å². The maximum absolute atomic E-state index is 11.9. The minimum absolute atomic E-state index is 0. The summed E-state index contributed by atoms with van der Waals surface area (Å²) in [6, 6.07) is 5.81. The summed E-state index contributed by atoms with van der Waals surface area (Å²) in [4.78, 5) is 23.2. The third-order valence-electron chi connectivity index (χ3n) is 5.54. The SMILES string of the molecule is CCNC(=NCc1ccc(C(=O)OC)c(OC)c1)N1CCC(C)C(n2ccnc2)C1.I. The van der Waals surface area contributed by atoms with E-state index < -0.39 is 5.97 Å². The molecule has 2 atom stereocenters. The van der Waals surface area contributed by atoms with Gasteiger partial charge in [0.1, 0.15) is 11.3 Å². The Morgan fingerprint density at radius 3 is 2.81 bits per heavy atom. The average molecular weight is 541 g/mol. The number of halogens is 1. The number of aliphatic imine (C=N–C) groups is 1. The molecule has 0 amide bonds. The normalized spacial score (nSPS) is 18.8. The maximum atomic E-state index is 11.9. The number of guanidine groups is 1. The fourth-order valence-electron chi connectivity index (χ4n) is 3.80. The van der Waals surface area contributed by atoms with Gasteiger partial charge in [0, 0.05) is 32.0 Å². The Balaban J connectivity index is 0.00000341. The molecule has 0 spiro atoms. The summed E-state index contributed by atoms with van der Waals surface area (Å²) in [7, 11) is 2.91. The standard InChI is InChI=1S/C22H31N5O3.HI/c1-5-24-22(26-10-8-16(2)19(14-26)27-11-9-23-15-27)25-13-17-6-7-18(21(28)30-4)20(12-17)29-3;/h6-7,9,11-12,15-16,19H,5,8,10,13-14H2,1-4H3,(H,24,25);1H. The number of benzene rings is 1. The van der Waals surface area contributed by atoms with Crippen molar-refractivity contribution in [3.63, 3.8) is 0 Å². The molecule has 2 unspecified atom stereocenters. The van der Waals surface area contributed by atoms with E-state index in [1.54, 1.807) is 13.2 Å². The predicted molar refractivity (Wildman–Crippen MR) is 131 cm³/mol. The van der Waals surface area contributed by atoms with Crippen molar-refractivity contribution in [1.29, 1.82) is 0 Å². The van der Waals surface area contributed by atoms with Gasteiger partial charge in [-0.1, -0.05) is 13.0 Å². The highest BCUT2D eigenvalue weighted by Crippen LogP contribution is 2.27. The first kappa shape index (κ1) is 25.0. The second kappa shape index (κ2) is 11.9. The van der Waals surface area contributed by atoms with Gasteiger partial charge in [-0.25, -0.2) is 14.8 Å². The van der Waals surface area contributed by atoms with E-state index in [2.05, 4.69) is 33.6 Å². The quantitative estimate of drug-likeness (QED) is 0.262. The maximum Gasteiger partial charge on any atom is 0.341 e. The molecule has 0 radical (unpaired) electrons. The molecule has 1 fully saturated rings. The molecule has 31 heavy (non-hydrogen) atoms. The zero-order chi connectivity index (χ0) is 21.5. The molecule has 1 aliphatic rings. The number of nitrogens with one attached hydrogen (secondary N) is 1. The molecule has 170 valence electrons. The molecule has 2 heterocycles. The predicted octanol–water partition coefficient (Wildman–Crippen LogP) is 3.34. The lowest BCUT2D eigenvalue weighted by molar-refractivity contribution is 0.0597. The third-order valence-corrected chi connectivity index (χ3v) is 5.54. The van der Waals surface area contributed by atoms with Gasteiger partial charge in [-0.15, -0.1) is 24.0 Å². The molecule has 0 saturated carbocycles. The van der Waals surface area contributed by atoms with Gasteiger partial charge >= 0.3 is 5.97 Å². The fraction of sp³-hybridized carbons (Fsp3) is 0.500. The number of ether oxygens (including phenoxy) is 2. The molecule has 0 bridgehead atoms. The van der Waals surface area contributed by atoms with E-state index in [4.69, 9.17) is 14.5 Å². The highest BCUT2D eigenvalue weighted by molar-refractivity contribution is 14.0. The molecule has 8 nitrogen and oxygen atoms in total. The minimum atomic E-state index is -0.414. The van der Waals surface area contributed by atoms with Crippen molar-refractivity contribution in [2.24, 2.45) is 10.9 Å². The summed E-state index contributed by atoms with van der Waals surface area (Å²) in [5, 5.41) is 3.42. The first-order valence-electron chi connectivity index (χ1n) is 10.3. The molecular formula is C22H32IN5O3. The van der Waals surface area contributed by atoms with Crippen LogP contribution >= 0.6 is 24.0 Å². The van der Waals surface area contributed by atoms with E-state index in [0.717, 1.165) is 37.6 Å². The first-order valence-corrected chi connectivity index (χ1v) is 10.3. The summed E-state index contributed by atoms with van der Waals surface area (Å²) >= 11 is 0. The minimum Gasteiger partial charge on any atom is -0.496 e. The van der Waals surface area contributed by atoms with Gasteiger partial charge in [-0.3, -0.25) is 0 Å². The molecule has 1 N–H and O–H groups in total. The summed E-state index contributed by atoms with van der Waals surface area (Å²) in [6.07, 6.45) is 6.85. The zero-order valence-electron chi connectivity index (χ0n) is 18.6. The van der Waals surface area contributed by atoms with Crippen molar-refractivity contribution in [2.45, 2.75) is 32.9 Å². The van der Waals surface area contributed by atoms with E-state index in [9.17, 15) is 4.79 Å². The molecule has 2 aromatic rings. The van der Waals surface area contributed by atoms with Crippen LogP contribution < -0.4 is 10.1 Å². The first-order chi connectivity index (χ1) is 14.6. The van der Waals surface area contributed by atoms with Crippen molar-refractivity contribution < 1.29 is 14.3 Å². The van der Waals surface area contributed by atoms with Crippen LogP contribution in [-0.2, 0) is 11.3 Å². The Bertz CT molecular complexity index is 872. The van der Waals surface area contributed by atoms with Gasteiger partial charge in [0.25, 0.3) is 0 Å². The summed E-state index contributed by atoms with van der Waals surface area (Å²) in [6.45, 7) is 7.49. The van der Waals surface area contributed by atoms with E-state index in [1.165, 1.54) is 7.11 Å². The van der Waals surface area contributed by atoms with Crippen LogP contribution in [0.2, 0.25) is 0 Å². The number of nitrogens with zero attached hydrogens (tertiary/aromatic N) is 4. The Morgan fingerprint density at radius 1 is 1.35 bits per heavy atom. The fourth-order valence-corrected chi connectivity index (χ4v) is 3.80. The number of carbonyl (C=O) groups is 1. The molecule has 1 aromatic carbocycles. The highest BCUT2D eigenvalue weighted by atomic mass is 127.